The molecule has 3 rings (SSSR count). The number of rotatable bonds is 5. The van der Waals surface area contributed by atoms with Crippen LogP contribution in [0.4, 0.5) is 11.4 Å². The maximum Gasteiger partial charge on any atom is 0.0411 e. The molecule has 1 N–H and O–H groups in total. The molecule has 2 nitrogen and oxygen atoms in total. The Morgan fingerprint density at radius 1 is 1.11 bits per heavy atom. The summed E-state index contributed by atoms with van der Waals surface area (Å²) < 4.78 is 0. The van der Waals surface area contributed by atoms with Gasteiger partial charge in [0, 0.05) is 31.5 Å². The number of benzene rings is 1. The number of nitrogens with zero attached hydrogens (tertiary/aromatic N) is 1. The highest BCUT2D eigenvalue weighted by atomic mass is 15.1. The smallest absolute Gasteiger partial charge is 0.0411 e. The van der Waals surface area contributed by atoms with Crippen LogP contribution in [0.2, 0.25) is 0 Å². The molecule has 1 aromatic rings. The normalized spacial score (nSPS) is 19.1. The minimum absolute atomic E-state index is 0.739. The molecular formula is C16H24N2. The van der Waals surface area contributed by atoms with Gasteiger partial charge in [0.05, 0.1) is 0 Å². The fourth-order valence-electron chi connectivity index (χ4n) is 2.90. The second-order valence-corrected chi connectivity index (χ2v) is 6.24. The summed E-state index contributed by atoms with van der Waals surface area (Å²) in [7, 11) is 4.23. The Morgan fingerprint density at radius 2 is 1.72 bits per heavy atom. The van der Waals surface area contributed by atoms with Crippen molar-refractivity contribution in [3.63, 3.8) is 0 Å². The summed E-state index contributed by atoms with van der Waals surface area (Å²) in [5.74, 6) is 1.89. The Hall–Kier alpha value is -1.18. The van der Waals surface area contributed by atoms with Crippen LogP contribution in [-0.2, 0) is 0 Å². The third-order valence-corrected chi connectivity index (χ3v) is 4.28. The fraction of sp³-hybridized carbons (Fsp3) is 0.625. The predicted molar refractivity (Wildman–Crippen MR) is 78.4 cm³/mol. The van der Waals surface area contributed by atoms with Crippen LogP contribution < -0.4 is 10.2 Å². The summed E-state index contributed by atoms with van der Waals surface area (Å²) in [4.78, 5) is 2.20. The molecule has 1 aromatic carbocycles. The van der Waals surface area contributed by atoms with E-state index in [4.69, 9.17) is 0 Å². The lowest BCUT2D eigenvalue weighted by molar-refractivity contribution is 0.568. The largest absolute Gasteiger partial charge is 0.382 e. The van der Waals surface area contributed by atoms with Crippen LogP contribution in [0.25, 0.3) is 0 Å². The van der Waals surface area contributed by atoms with Crippen LogP contribution in [0.3, 0.4) is 0 Å². The first-order valence-electron chi connectivity index (χ1n) is 7.19. The lowest BCUT2D eigenvalue weighted by atomic mass is 10.1. The number of nitrogens with one attached hydrogen (secondary N) is 1. The third kappa shape index (κ3) is 2.47. The molecule has 0 heterocycles. The molecule has 2 heteroatoms. The monoisotopic (exact) mass is 244 g/mol. The van der Waals surface area contributed by atoms with Crippen LogP contribution in [0.1, 0.15) is 31.2 Å². The van der Waals surface area contributed by atoms with E-state index in [1.165, 1.54) is 42.6 Å². The zero-order chi connectivity index (χ0) is 12.7. The summed E-state index contributed by atoms with van der Waals surface area (Å²) >= 11 is 0. The van der Waals surface area contributed by atoms with Crippen molar-refractivity contribution in [2.75, 3.05) is 24.3 Å². The zero-order valence-corrected chi connectivity index (χ0v) is 11.7. The lowest BCUT2D eigenvalue weighted by Gasteiger charge is -2.22. The number of aryl methyl sites for hydroxylation is 1. The Bertz CT molecular complexity index is 419. The van der Waals surface area contributed by atoms with Gasteiger partial charge in [0.1, 0.15) is 0 Å². The van der Waals surface area contributed by atoms with Crippen molar-refractivity contribution >= 4 is 11.4 Å². The van der Waals surface area contributed by atoms with Crippen molar-refractivity contribution < 1.29 is 0 Å². The topological polar surface area (TPSA) is 15.3 Å². The molecule has 2 aliphatic carbocycles. The zero-order valence-electron chi connectivity index (χ0n) is 11.7. The summed E-state index contributed by atoms with van der Waals surface area (Å²) in [5.41, 5.74) is 3.97. The summed E-state index contributed by atoms with van der Waals surface area (Å²) in [6.45, 7) is 2.18. The van der Waals surface area contributed by atoms with E-state index in [2.05, 4.69) is 49.4 Å². The standard InChI is InChI=1S/C16H24N2/c1-11-4-9-14(10-15(11)18(2)3)17-16(12-5-6-12)13-7-8-13/h4,9-10,12-13,16-17H,5-8H2,1-3H3. The molecule has 2 aliphatic rings. The molecule has 0 spiro atoms. The Balaban J connectivity index is 1.76. The average Bonchev–Trinajstić information content (AvgIpc) is 3.20. The molecule has 18 heavy (non-hydrogen) atoms. The van der Waals surface area contributed by atoms with Gasteiger partial charge >= 0.3 is 0 Å². The van der Waals surface area contributed by atoms with Gasteiger partial charge < -0.3 is 10.2 Å². The second-order valence-electron chi connectivity index (χ2n) is 6.24. The van der Waals surface area contributed by atoms with Gasteiger partial charge in [0.25, 0.3) is 0 Å². The van der Waals surface area contributed by atoms with Crippen molar-refractivity contribution in [1.29, 1.82) is 0 Å². The highest BCUT2D eigenvalue weighted by Gasteiger charge is 2.41. The van der Waals surface area contributed by atoms with Crippen molar-refractivity contribution in [2.24, 2.45) is 11.8 Å². The predicted octanol–water partition coefficient (Wildman–Crippen LogP) is 3.66. The number of anilines is 2. The first-order chi connectivity index (χ1) is 8.65. The van der Waals surface area contributed by atoms with Crippen molar-refractivity contribution in [1.82, 2.24) is 0 Å². The van der Waals surface area contributed by atoms with Gasteiger partial charge in [-0.3, -0.25) is 0 Å². The van der Waals surface area contributed by atoms with E-state index < -0.39 is 0 Å². The van der Waals surface area contributed by atoms with E-state index in [0.29, 0.717) is 0 Å². The van der Waals surface area contributed by atoms with Crippen molar-refractivity contribution in [3.8, 4) is 0 Å². The highest BCUT2D eigenvalue weighted by molar-refractivity contribution is 5.62. The molecule has 0 bridgehead atoms. The number of hydrogen-bond donors (Lipinski definition) is 1. The van der Waals surface area contributed by atoms with Gasteiger partial charge in [0.2, 0.25) is 0 Å². The van der Waals surface area contributed by atoms with Crippen LogP contribution in [0.5, 0.6) is 0 Å². The Kier molecular flexibility index (Phi) is 2.96. The third-order valence-electron chi connectivity index (χ3n) is 4.28. The van der Waals surface area contributed by atoms with Gasteiger partial charge in [0.15, 0.2) is 0 Å². The van der Waals surface area contributed by atoms with Crippen LogP contribution >= 0.6 is 0 Å². The van der Waals surface area contributed by atoms with Gasteiger partial charge in [-0.2, -0.15) is 0 Å². The molecule has 0 radical (unpaired) electrons. The molecule has 0 aromatic heterocycles. The summed E-state index contributed by atoms with van der Waals surface area (Å²) in [6, 6.07) is 7.50. The quantitative estimate of drug-likeness (QED) is 0.850. The lowest BCUT2D eigenvalue weighted by Crippen LogP contribution is -2.24. The second kappa shape index (κ2) is 4.49. The van der Waals surface area contributed by atoms with E-state index in [-0.39, 0.29) is 0 Å². The van der Waals surface area contributed by atoms with Gasteiger partial charge in [-0.25, -0.2) is 0 Å². The summed E-state index contributed by atoms with van der Waals surface area (Å²) in [5, 5.41) is 3.80. The SMILES string of the molecule is Cc1ccc(NC(C2CC2)C2CC2)cc1N(C)C. The van der Waals surface area contributed by atoms with E-state index in [9.17, 15) is 0 Å². The first kappa shape index (κ1) is 11.9. The van der Waals surface area contributed by atoms with E-state index in [0.717, 1.165) is 17.9 Å². The van der Waals surface area contributed by atoms with Gasteiger partial charge in [-0.05, 0) is 62.1 Å². The molecule has 0 amide bonds. The maximum absolute atomic E-state index is 3.80. The highest BCUT2D eigenvalue weighted by Crippen LogP contribution is 2.46. The number of hydrogen-bond acceptors (Lipinski definition) is 2. The first-order valence-corrected chi connectivity index (χ1v) is 7.19. The molecule has 98 valence electrons. The van der Waals surface area contributed by atoms with Crippen molar-refractivity contribution in [2.45, 2.75) is 38.6 Å². The molecule has 0 atom stereocenters. The van der Waals surface area contributed by atoms with E-state index >= 15 is 0 Å². The molecule has 0 aliphatic heterocycles. The molecule has 0 saturated heterocycles. The average molecular weight is 244 g/mol. The molecular weight excluding hydrogens is 220 g/mol. The maximum atomic E-state index is 3.80. The fourth-order valence-corrected chi connectivity index (χ4v) is 2.90. The van der Waals surface area contributed by atoms with Crippen LogP contribution in [0.15, 0.2) is 18.2 Å². The van der Waals surface area contributed by atoms with Crippen LogP contribution in [-0.4, -0.2) is 20.1 Å². The summed E-state index contributed by atoms with van der Waals surface area (Å²) in [6.07, 6.45) is 5.72. The van der Waals surface area contributed by atoms with E-state index in [1.807, 2.05) is 0 Å². The molecule has 2 saturated carbocycles. The Labute approximate surface area is 110 Å². The van der Waals surface area contributed by atoms with Gasteiger partial charge in [-0.15, -0.1) is 0 Å². The van der Waals surface area contributed by atoms with E-state index in [1.54, 1.807) is 0 Å². The minimum atomic E-state index is 0.739. The minimum Gasteiger partial charge on any atom is -0.382 e. The Morgan fingerprint density at radius 3 is 2.22 bits per heavy atom. The van der Waals surface area contributed by atoms with Crippen molar-refractivity contribution in [3.05, 3.63) is 23.8 Å². The van der Waals surface area contributed by atoms with Crippen LogP contribution in [0, 0.1) is 18.8 Å². The molecule has 0 unspecified atom stereocenters. The molecule has 2 fully saturated rings. The van der Waals surface area contributed by atoms with Gasteiger partial charge in [-0.1, -0.05) is 6.07 Å².